The second kappa shape index (κ2) is 10.0. The minimum atomic E-state index is -3.71. The first kappa shape index (κ1) is 22.9. The Balaban J connectivity index is 1.54. The van der Waals surface area contributed by atoms with Gasteiger partial charge < -0.3 is 10.2 Å². The highest BCUT2D eigenvalue weighted by molar-refractivity contribution is 7.88. The number of carbonyl (C=O) groups is 2. The van der Waals surface area contributed by atoms with Crippen molar-refractivity contribution in [2.75, 3.05) is 19.3 Å². The summed E-state index contributed by atoms with van der Waals surface area (Å²) in [6, 6.07) is 13.4. The predicted octanol–water partition coefficient (Wildman–Crippen LogP) is 2.03. The summed E-state index contributed by atoms with van der Waals surface area (Å²) in [5, 5.41) is 2.70. The van der Waals surface area contributed by atoms with Crippen molar-refractivity contribution in [3.05, 3.63) is 71.0 Å². The first-order chi connectivity index (χ1) is 14.7. The molecule has 9 heteroatoms. The topological polar surface area (TPSA) is 86.8 Å². The Morgan fingerprint density at radius 2 is 1.81 bits per heavy atom. The molecule has 1 fully saturated rings. The molecule has 1 saturated heterocycles. The largest absolute Gasteiger partial charge is 0.351 e. The number of halogens is 1. The van der Waals surface area contributed by atoms with Crippen LogP contribution in [0.3, 0.4) is 0 Å². The Morgan fingerprint density at radius 3 is 2.42 bits per heavy atom. The molecular weight excluding hydrogens is 421 g/mol. The van der Waals surface area contributed by atoms with Gasteiger partial charge >= 0.3 is 0 Å². The maximum absolute atomic E-state index is 13.9. The van der Waals surface area contributed by atoms with Gasteiger partial charge in [0.1, 0.15) is 5.82 Å². The number of hydrogen-bond donors (Lipinski definition) is 1. The summed E-state index contributed by atoms with van der Waals surface area (Å²) in [6.45, 7) is 0.968. The normalized spacial score (nSPS) is 14.3. The van der Waals surface area contributed by atoms with Crippen molar-refractivity contribution >= 4 is 21.8 Å². The third-order valence-electron chi connectivity index (χ3n) is 5.15. The van der Waals surface area contributed by atoms with Crippen molar-refractivity contribution < 1.29 is 22.4 Å². The van der Waals surface area contributed by atoms with Gasteiger partial charge in [0.05, 0.1) is 12.8 Å². The van der Waals surface area contributed by atoms with Gasteiger partial charge in [-0.1, -0.05) is 42.5 Å². The minimum absolute atomic E-state index is 0.169. The Labute approximate surface area is 181 Å². The minimum Gasteiger partial charge on any atom is -0.351 e. The number of carbonyl (C=O) groups excluding carboxylic acids is 2. The van der Waals surface area contributed by atoms with E-state index >= 15 is 0 Å². The van der Waals surface area contributed by atoms with Crippen molar-refractivity contribution in [2.24, 2.45) is 0 Å². The molecule has 0 aromatic heterocycles. The van der Waals surface area contributed by atoms with E-state index in [0.717, 1.165) is 34.7 Å². The predicted molar refractivity (Wildman–Crippen MR) is 115 cm³/mol. The SMILES string of the molecule is CS(=O)(=O)N(CC(=O)NCc1ccc(CN2CCCC2=O)cc1)Cc1ccccc1F. The van der Waals surface area contributed by atoms with E-state index in [-0.39, 0.29) is 24.6 Å². The van der Waals surface area contributed by atoms with Gasteiger partial charge in [0.25, 0.3) is 0 Å². The fraction of sp³-hybridized carbons (Fsp3) is 0.364. The highest BCUT2D eigenvalue weighted by Crippen LogP contribution is 2.15. The first-order valence-corrected chi connectivity index (χ1v) is 11.9. The van der Waals surface area contributed by atoms with Gasteiger partial charge in [0.15, 0.2) is 0 Å². The lowest BCUT2D eigenvalue weighted by molar-refractivity contribution is -0.128. The summed E-state index contributed by atoms with van der Waals surface area (Å²) < 4.78 is 38.9. The molecule has 1 N–H and O–H groups in total. The van der Waals surface area contributed by atoms with E-state index in [2.05, 4.69) is 5.32 Å². The quantitative estimate of drug-likeness (QED) is 0.637. The number of likely N-dealkylation sites (tertiary alicyclic amines) is 1. The summed E-state index contributed by atoms with van der Waals surface area (Å²) in [5.41, 5.74) is 2.07. The Kier molecular flexibility index (Phi) is 7.40. The molecule has 3 rings (SSSR count). The summed E-state index contributed by atoms with van der Waals surface area (Å²) in [5.74, 6) is -0.831. The van der Waals surface area contributed by atoms with Gasteiger partial charge in [-0.05, 0) is 23.6 Å². The van der Waals surface area contributed by atoms with Crippen molar-refractivity contribution in [2.45, 2.75) is 32.5 Å². The molecule has 0 atom stereocenters. The van der Waals surface area contributed by atoms with Gasteiger partial charge in [0, 0.05) is 38.2 Å². The lowest BCUT2D eigenvalue weighted by atomic mass is 10.1. The second-order valence-corrected chi connectivity index (χ2v) is 9.62. The zero-order chi connectivity index (χ0) is 22.4. The molecule has 0 bridgehead atoms. The monoisotopic (exact) mass is 447 g/mol. The van der Waals surface area contributed by atoms with Crippen LogP contribution in [0.25, 0.3) is 0 Å². The first-order valence-electron chi connectivity index (χ1n) is 10.0. The van der Waals surface area contributed by atoms with Crippen LogP contribution in [-0.2, 0) is 39.2 Å². The second-order valence-electron chi connectivity index (χ2n) is 7.63. The number of hydrogen-bond acceptors (Lipinski definition) is 4. The van der Waals surface area contributed by atoms with Gasteiger partial charge in [-0.2, -0.15) is 4.31 Å². The highest BCUT2D eigenvalue weighted by Gasteiger charge is 2.22. The molecule has 2 aromatic rings. The van der Waals surface area contributed by atoms with E-state index in [1.807, 2.05) is 29.2 Å². The van der Waals surface area contributed by atoms with Crippen LogP contribution in [0.1, 0.15) is 29.5 Å². The summed E-state index contributed by atoms with van der Waals surface area (Å²) in [7, 11) is -3.71. The van der Waals surface area contributed by atoms with Crippen molar-refractivity contribution in [1.82, 2.24) is 14.5 Å². The highest BCUT2D eigenvalue weighted by atomic mass is 32.2. The fourth-order valence-corrected chi connectivity index (χ4v) is 4.10. The Morgan fingerprint density at radius 1 is 1.13 bits per heavy atom. The van der Waals surface area contributed by atoms with E-state index in [9.17, 15) is 22.4 Å². The number of sulfonamides is 1. The molecule has 2 aromatic carbocycles. The molecule has 1 heterocycles. The molecule has 2 amide bonds. The molecule has 7 nitrogen and oxygen atoms in total. The molecular formula is C22H26FN3O4S. The van der Waals surface area contributed by atoms with Crippen LogP contribution in [-0.4, -0.2) is 48.8 Å². The zero-order valence-electron chi connectivity index (χ0n) is 17.4. The van der Waals surface area contributed by atoms with Crippen molar-refractivity contribution in [3.8, 4) is 0 Å². The molecule has 1 aliphatic rings. The molecule has 1 aliphatic heterocycles. The zero-order valence-corrected chi connectivity index (χ0v) is 18.2. The number of rotatable bonds is 9. The standard InChI is InChI=1S/C22H26FN3O4S/c1-31(29,30)26(15-19-5-2-3-6-20(19)23)16-21(27)24-13-17-8-10-18(11-9-17)14-25-12-4-7-22(25)28/h2-3,5-6,8-11H,4,7,12-16H2,1H3,(H,24,27). The van der Waals surface area contributed by atoms with Crippen LogP contribution in [0.2, 0.25) is 0 Å². The summed E-state index contributed by atoms with van der Waals surface area (Å²) >= 11 is 0. The van der Waals surface area contributed by atoms with Crippen LogP contribution in [0.15, 0.2) is 48.5 Å². The number of nitrogens with one attached hydrogen (secondary N) is 1. The van der Waals surface area contributed by atoms with Gasteiger partial charge in [0.2, 0.25) is 21.8 Å². The van der Waals surface area contributed by atoms with Gasteiger partial charge in [-0.25, -0.2) is 12.8 Å². The number of benzene rings is 2. The third-order valence-corrected chi connectivity index (χ3v) is 6.35. The van der Waals surface area contributed by atoms with Gasteiger partial charge in [-0.3, -0.25) is 9.59 Å². The lowest BCUT2D eigenvalue weighted by Crippen LogP contribution is -2.39. The van der Waals surface area contributed by atoms with Gasteiger partial charge in [-0.15, -0.1) is 0 Å². The summed E-state index contributed by atoms with van der Waals surface area (Å²) in [6.07, 6.45) is 2.49. The Bertz CT molecular complexity index is 1040. The van der Waals surface area contributed by atoms with E-state index < -0.39 is 28.3 Å². The van der Waals surface area contributed by atoms with Crippen LogP contribution in [0, 0.1) is 5.82 Å². The van der Waals surface area contributed by atoms with Crippen LogP contribution in [0.4, 0.5) is 4.39 Å². The Hall–Kier alpha value is -2.78. The molecule has 0 unspecified atom stereocenters. The number of amides is 2. The molecule has 0 radical (unpaired) electrons. The van der Waals surface area contributed by atoms with Crippen LogP contribution in [0.5, 0.6) is 0 Å². The van der Waals surface area contributed by atoms with Crippen LogP contribution < -0.4 is 5.32 Å². The number of nitrogens with zero attached hydrogens (tertiary/aromatic N) is 2. The van der Waals surface area contributed by atoms with E-state index in [1.54, 1.807) is 6.07 Å². The van der Waals surface area contributed by atoms with Crippen LogP contribution >= 0.6 is 0 Å². The fourth-order valence-electron chi connectivity index (χ4n) is 3.38. The molecule has 31 heavy (non-hydrogen) atoms. The van der Waals surface area contributed by atoms with E-state index in [1.165, 1.54) is 18.2 Å². The van der Waals surface area contributed by atoms with Crippen molar-refractivity contribution in [3.63, 3.8) is 0 Å². The average Bonchev–Trinajstić information content (AvgIpc) is 3.12. The van der Waals surface area contributed by atoms with E-state index in [4.69, 9.17) is 0 Å². The lowest BCUT2D eigenvalue weighted by Gasteiger charge is -2.20. The summed E-state index contributed by atoms with van der Waals surface area (Å²) in [4.78, 5) is 25.9. The smallest absolute Gasteiger partial charge is 0.235 e. The van der Waals surface area contributed by atoms with E-state index in [0.29, 0.717) is 13.0 Å². The molecule has 0 spiro atoms. The third kappa shape index (κ3) is 6.60. The molecule has 0 saturated carbocycles. The maximum atomic E-state index is 13.9. The van der Waals surface area contributed by atoms with Crippen molar-refractivity contribution in [1.29, 1.82) is 0 Å². The molecule has 0 aliphatic carbocycles. The average molecular weight is 448 g/mol. The molecule has 166 valence electrons. The maximum Gasteiger partial charge on any atom is 0.235 e.